The van der Waals surface area contributed by atoms with Gasteiger partial charge in [-0.25, -0.2) is 4.79 Å². The fraction of sp³-hybridized carbons (Fsp3) is 0.290. The predicted octanol–water partition coefficient (Wildman–Crippen LogP) is 6.49. The van der Waals surface area contributed by atoms with Gasteiger partial charge in [0.1, 0.15) is 0 Å². The zero-order valence-electron chi connectivity index (χ0n) is 23.3. The highest BCUT2D eigenvalue weighted by Crippen LogP contribution is 2.29. The standard InChI is InChI=1S/C31H29ClF3N3O4/c1-18-7-5-10-25(38-29(41)31(33,34)35)26(18)27(39)42-30(3,4)28(40)37-19(2)24(16-20-11-13-23(32)14-12-20)22-9-6-8-21(15-22)17-36/h5-15,19,24H,16H2,1-4H3,(H,37,40)(H,38,41)/t19-,24+/m0/s1. The molecule has 0 aromatic heterocycles. The molecule has 42 heavy (non-hydrogen) atoms. The lowest BCUT2D eigenvalue weighted by atomic mass is 9.85. The van der Waals surface area contributed by atoms with Crippen LogP contribution in [-0.2, 0) is 20.7 Å². The number of carbonyl (C=O) groups excluding carboxylic acids is 3. The monoisotopic (exact) mass is 599 g/mol. The third kappa shape index (κ3) is 8.10. The molecule has 3 aromatic carbocycles. The molecule has 3 rings (SSSR count). The number of ether oxygens (including phenoxy) is 1. The fourth-order valence-electron chi connectivity index (χ4n) is 4.34. The van der Waals surface area contributed by atoms with Crippen LogP contribution in [-0.4, -0.2) is 35.6 Å². The summed E-state index contributed by atoms with van der Waals surface area (Å²) >= 11 is 6.03. The molecule has 0 saturated carbocycles. The molecule has 0 aliphatic heterocycles. The van der Waals surface area contributed by atoms with Crippen LogP contribution in [0.4, 0.5) is 18.9 Å². The number of rotatable bonds is 9. The third-order valence-corrected chi connectivity index (χ3v) is 6.90. The van der Waals surface area contributed by atoms with E-state index in [-0.39, 0.29) is 17.0 Å². The van der Waals surface area contributed by atoms with E-state index in [1.54, 1.807) is 42.6 Å². The summed E-state index contributed by atoms with van der Waals surface area (Å²) in [5.74, 6) is -4.29. The van der Waals surface area contributed by atoms with Crippen molar-refractivity contribution < 1.29 is 32.3 Å². The van der Waals surface area contributed by atoms with Gasteiger partial charge in [-0.3, -0.25) is 9.59 Å². The number of benzene rings is 3. The number of nitrogens with one attached hydrogen (secondary N) is 2. The normalized spacial score (nSPS) is 12.9. The van der Waals surface area contributed by atoms with Gasteiger partial charge in [-0.15, -0.1) is 0 Å². The number of hydrogen-bond donors (Lipinski definition) is 2. The molecule has 0 radical (unpaired) electrons. The first-order valence-corrected chi connectivity index (χ1v) is 13.3. The molecule has 2 amide bonds. The lowest BCUT2D eigenvalue weighted by molar-refractivity contribution is -0.167. The Morgan fingerprint density at radius 2 is 1.64 bits per heavy atom. The topological polar surface area (TPSA) is 108 Å². The average Bonchev–Trinajstić information content (AvgIpc) is 2.91. The van der Waals surface area contributed by atoms with Crippen molar-refractivity contribution in [2.24, 2.45) is 0 Å². The largest absolute Gasteiger partial charge is 0.471 e. The van der Waals surface area contributed by atoms with Crippen LogP contribution in [0, 0.1) is 18.3 Å². The Labute approximate surface area is 246 Å². The second kappa shape index (κ2) is 13.1. The van der Waals surface area contributed by atoms with Gasteiger partial charge in [0.2, 0.25) is 0 Å². The van der Waals surface area contributed by atoms with Crippen LogP contribution in [0.3, 0.4) is 0 Å². The van der Waals surface area contributed by atoms with Crippen LogP contribution in [0.25, 0.3) is 0 Å². The van der Waals surface area contributed by atoms with Gasteiger partial charge in [0.25, 0.3) is 5.91 Å². The molecule has 0 aliphatic rings. The Morgan fingerprint density at radius 3 is 2.26 bits per heavy atom. The minimum atomic E-state index is -5.17. The fourth-order valence-corrected chi connectivity index (χ4v) is 4.47. The van der Waals surface area contributed by atoms with Crippen molar-refractivity contribution in [1.29, 1.82) is 5.26 Å². The Kier molecular flexibility index (Phi) is 10.0. The maximum Gasteiger partial charge on any atom is 0.471 e. The van der Waals surface area contributed by atoms with E-state index in [9.17, 15) is 32.8 Å². The van der Waals surface area contributed by atoms with Crippen molar-refractivity contribution in [3.8, 4) is 6.07 Å². The van der Waals surface area contributed by atoms with Crippen LogP contribution < -0.4 is 10.6 Å². The van der Waals surface area contributed by atoms with Crippen molar-refractivity contribution in [3.63, 3.8) is 0 Å². The number of carbonyl (C=O) groups is 3. The Balaban J connectivity index is 1.83. The minimum absolute atomic E-state index is 0.241. The van der Waals surface area contributed by atoms with Crippen molar-refractivity contribution in [3.05, 3.63) is 99.6 Å². The number of nitriles is 1. The zero-order chi connectivity index (χ0) is 31.2. The number of halogens is 4. The number of nitrogens with zero attached hydrogens (tertiary/aromatic N) is 1. The molecule has 0 bridgehead atoms. The molecule has 7 nitrogen and oxygen atoms in total. The molecule has 11 heteroatoms. The average molecular weight is 600 g/mol. The van der Waals surface area contributed by atoms with Gasteiger partial charge in [-0.1, -0.05) is 48.0 Å². The molecule has 0 heterocycles. The molecule has 2 atom stereocenters. The Hall–Kier alpha value is -4.36. The molecular formula is C31H29ClF3N3O4. The summed E-state index contributed by atoms with van der Waals surface area (Å²) in [5, 5.41) is 14.5. The smallest absolute Gasteiger partial charge is 0.446 e. The van der Waals surface area contributed by atoms with Crippen molar-refractivity contribution >= 4 is 35.1 Å². The number of anilines is 1. The first-order valence-electron chi connectivity index (χ1n) is 12.9. The van der Waals surface area contributed by atoms with E-state index < -0.39 is 41.3 Å². The number of aryl methyl sites for hydroxylation is 1. The number of alkyl halides is 3. The zero-order valence-corrected chi connectivity index (χ0v) is 24.1. The highest BCUT2D eigenvalue weighted by Gasteiger charge is 2.40. The highest BCUT2D eigenvalue weighted by atomic mass is 35.5. The summed E-state index contributed by atoms with van der Waals surface area (Å²) in [6.45, 7) is 5.95. The number of amides is 2. The summed E-state index contributed by atoms with van der Waals surface area (Å²) < 4.78 is 44.0. The van der Waals surface area contributed by atoms with Crippen LogP contribution >= 0.6 is 11.6 Å². The first-order chi connectivity index (χ1) is 19.6. The lowest BCUT2D eigenvalue weighted by Gasteiger charge is -2.30. The summed E-state index contributed by atoms with van der Waals surface area (Å²) in [6, 6.07) is 19.8. The van der Waals surface area contributed by atoms with E-state index in [0.29, 0.717) is 17.0 Å². The second-order valence-corrected chi connectivity index (χ2v) is 10.7. The van der Waals surface area contributed by atoms with Crippen LogP contribution in [0.2, 0.25) is 5.02 Å². The minimum Gasteiger partial charge on any atom is -0.446 e. The number of hydrogen-bond acceptors (Lipinski definition) is 5. The van der Waals surface area contributed by atoms with E-state index in [2.05, 4.69) is 11.4 Å². The molecule has 2 N–H and O–H groups in total. The third-order valence-electron chi connectivity index (χ3n) is 6.65. The highest BCUT2D eigenvalue weighted by molar-refractivity contribution is 6.30. The van der Waals surface area contributed by atoms with Crippen LogP contribution in [0.1, 0.15) is 59.3 Å². The van der Waals surface area contributed by atoms with Gasteiger partial charge < -0.3 is 15.4 Å². The summed E-state index contributed by atoms with van der Waals surface area (Å²) in [4.78, 5) is 38.1. The first kappa shape index (κ1) is 32.2. The molecule has 3 aromatic rings. The summed E-state index contributed by atoms with van der Waals surface area (Å²) in [7, 11) is 0. The molecular weight excluding hydrogens is 571 g/mol. The van der Waals surface area contributed by atoms with E-state index in [1.807, 2.05) is 18.2 Å². The van der Waals surface area contributed by atoms with E-state index in [4.69, 9.17) is 16.3 Å². The second-order valence-electron chi connectivity index (χ2n) is 10.3. The maximum atomic E-state index is 13.4. The molecule has 220 valence electrons. The molecule has 0 unspecified atom stereocenters. The number of esters is 1. The van der Waals surface area contributed by atoms with Crippen molar-refractivity contribution in [2.75, 3.05) is 5.32 Å². The van der Waals surface area contributed by atoms with E-state index >= 15 is 0 Å². The van der Waals surface area contributed by atoms with Crippen LogP contribution in [0.15, 0.2) is 66.7 Å². The van der Waals surface area contributed by atoms with Crippen molar-refractivity contribution in [1.82, 2.24) is 5.32 Å². The molecule has 0 spiro atoms. The molecule has 0 aliphatic carbocycles. The van der Waals surface area contributed by atoms with Gasteiger partial charge in [0.15, 0.2) is 5.60 Å². The van der Waals surface area contributed by atoms with Crippen molar-refractivity contribution in [2.45, 2.75) is 57.9 Å². The Bertz CT molecular complexity index is 1520. The van der Waals surface area contributed by atoms with E-state index in [1.165, 1.54) is 32.9 Å². The van der Waals surface area contributed by atoms with Crippen LogP contribution in [0.5, 0.6) is 0 Å². The molecule has 0 fully saturated rings. The maximum absolute atomic E-state index is 13.4. The van der Waals surface area contributed by atoms with Gasteiger partial charge >= 0.3 is 18.1 Å². The SMILES string of the molecule is Cc1cccc(NC(=O)C(F)(F)F)c1C(=O)OC(C)(C)C(=O)N[C@@H](C)[C@@H](Cc1ccc(Cl)cc1)c1cccc(C#N)c1. The molecule has 0 saturated heterocycles. The van der Waals surface area contributed by atoms with Gasteiger partial charge in [-0.05, 0) is 81.1 Å². The van der Waals surface area contributed by atoms with Gasteiger partial charge in [0, 0.05) is 17.0 Å². The lowest BCUT2D eigenvalue weighted by Crippen LogP contribution is -2.50. The predicted molar refractivity (Wildman–Crippen MR) is 152 cm³/mol. The van der Waals surface area contributed by atoms with Gasteiger partial charge in [-0.2, -0.15) is 18.4 Å². The Morgan fingerprint density at radius 1 is 1.00 bits per heavy atom. The van der Waals surface area contributed by atoms with Gasteiger partial charge in [0.05, 0.1) is 22.9 Å². The summed E-state index contributed by atoms with van der Waals surface area (Å²) in [6.07, 6.45) is -4.69. The summed E-state index contributed by atoms with van der Waals surface area (Å²) in [5.41, 5.74) is -0.0236. The van der Waals surface area contributed by atoms with E-state index in [0.717, 1.165) is 17.2 Å². The quantitative estimate of drug-likeness (QED) is 0.273.